The molecule has 1 aliphatic rings. The summed E-state index contributed by atoms with van der Waals surface area (Å²) in [6, 6.07) is -8.16. The lowest BCUT2D eigenvalue weighted by molar-refractivity contribution is -0.140. The highest BCUT2D eigenvalue weighted by Crippen LogP contribution is 2.18. The molecule has 1 heterocycles. The number of carbonyl (C=O) groups is 10. The molecule has 51 heavy (non-hydrogen) atoms. The van der Waals surface area contributed by atoms with Crippen molar-refractivity contribution in [3.63, 3.8) is 0 Å². The largest absolute Gasteiger partial charge is 0.480 e. The van der Waals surface area contributed by atoms with E-state index in [0.717, 1.165) is 0 Å². The van der Waals surface area contributed by atoms with Gasteiger partial charge in [0.1, 0.15) is 36.8 Å². The van der Waals surface area contributed by atoms with Crippen molar-refractivity contribution in [2.45, 2.75) is 81.7 Å². The zero-order chi connectivity index (χ0) is 38.8. The van der Waals surface area contributed by atoms with Gasteiger partial charge in [0.25, 0.3) is 0 Å². The summed E-state index contributed by atoms with van der Waals surface area (Å²) in [5.41, 5.74) is 15.9. The molecule has 9 amide bonds. The molecule has 6 atom stereocenters. The number of carbonyl (C=O) groups excluding carboxylic acids is 9. The van der Waals surface area contributed by atoms with E-state index in [4.69, 9.17) is 22.3 Å². The van der Waals surface area contributed by atoms with Crippen molar-refractivity contribution in [2.75, 3.05) is 32.8 Å². The molecule has 15 N–H and O–H groups in total. The summed E-state index contributed by atoms with van der Waals surface area (Å²) in [4.78, 5) is 123. The summed E-state index contributed by atoms with van der Waals surface area (Å²) in [5, 5.41) is 41.3. The van der Waals surface area contributed by atoms with E-state index >= 15 is 0 Å². The molecular formula is C28H46N10O13. The Morgan fingerprint density at radius 3 is 1.67 bits per heavy atom. The first kappa shape index (κ1) is 43.6. The normalized spacial score (nSPS) is 16.6. The van der Waals surface area contributed by atoms with E-state index < -0.39 is 141 Å². The van der Waals surface area contributed by atoms with Crippen LogP contribution in [0.3, 0.4) is 0 Å². The second kappa shape index (κ2) is 21.6. The molecule has 1 saturated heterocycles. The van der Waals surface area contributed by atoms with Crippen LogP contribution in [0.2, 0.25) is 0 Å². The van der Waals surface area contributed by atoms with Gasteiger partial charge in [-0.15, -0.1) is 0 Å². The summed E-state index contributed by atoms with van der Waals surface area (Å²) in [5.74, 6) is -9.63. The fourth-order valence-corrected chi connectivity index (χ4v) is 4.70. The van der Waals surface area contributed by atoms with Crippen LogP contribution in [0.4, 0.5) is 0 Å². The first-order valence-corrected chi connectivity index (χ1v) is 15.7. The number of hydrogen-bond acceptors (Lipinski definition) is 13. The van der Waals surface area contributed by atoms with Gasteiger partial charge in [-0.3, -0.25) is 47.9 Å². The Bertz CT molecular complexity index is 1330. The molecule has 0 radical (unpaired) electrons. The van der Waals surface area contributed by atoms with Gasteiger partial charge in [0, 0.05) is 19.4 Å². The topological polar surface area (TPSA) is 385 Å². The molecule has 1 rings (SSSR count). The molecule has 0 saturated carbocycles. The van der Waals surface area contributed by atoms with Crippen LogP contribution in [-0.2, 0) is 47.9 Å². The highest BCUT2D eigenvalue weighted by molar-refractivity contribution is 5.97. The van der Waals surface area contributed by atoms with E-state index in [-0.39, 0.29) is 13.0 Å². The number of aliphatic hydroxyl groups is 2. The van der Waals surface area contributed by atoms with Crippen LogP contribution >= 0.6 is 0 Å². The Morgan fingerprint density at radius 1 is 0.706 bits per heavy atom. The molecule has 0 bridgehead atoms. The van der Waals surface area contributed by atoms with Gasteiger partial charge >= 0.3 is 5.97 Å². The van der Waals surface area contributed by atoms with Crippen molar-refractivity contribution in [1.82, 2.24) is 36.8 Å². The number of nitrogens with one attached hydrogen (secondary N) is 6. The molecule has 286 valence electrons. The summed E-state index contributed by atoms with van der Waals surface area (Å²) >= 11 is 0. The van der Waals surface area contributed by atoms with Gasteiger partial charge in [-0.25, -0.2) is 0 Å². The van der Waals surface area contributed by atoms with Crippen LogP contribution in [0, 0.1) is 0 Å². The van der Waals surface area contributed by atoms with Gasteiger partial charge in [-0.05, 0) is 32.6 Å². The average molecular weight is 731 g/mol. The molecular weight excluding hydrogens is 684 g/mol. The third-order valence-electron chi connectivity index (χ3n) is 7.34. The molecule has 1 aliphatic heterocycles. The monoisotopic (exact) mass is 730 g/mol. The maximum absolute atomic E-state index is 13.1. The molecule has 1 fully saturated rings. The number of likely N-dealkylation sites (tertiary alicyclic amines) is 1. The Balaban J connectivity index is 2.88. The number of rotatable bonds is 22. The maximum atomic E-state index is 13.1. The van der Waals surface area contributed by atoms with Gasteiger partial charge < -0.3 is 69.3 Å². The van der Waals surface area contributed by atoms with Crippen LogP contribution < -0.4 is 49.1 Å². The predicted molar refractivity (Wildman–Crippen MR) is 171 cm³/mol. The number of carboxylic acid groups (broad SMARTS) is 1. The smallest absolute Gasteiger partial charge is 0.322 e. The molecule has 0 aromatic rings. The Morgan fingerprint density at radius 2 is 1.18 bits per heavy atom. The number of carboxylic acids is 1. The fourth-order valence-electron chi connectivity index (χ4n) is 4.70. The van der Waals surface area contributed by atoms with Crippen LogP contribution in [-0.4, -0.2) is 148 Å². The minimum Gasteiger partial charge on any atom is -0.480 e. The first-order valence-electron chi connectivity index (χ1n) is 15.7. The zero-order valence-corrected chi connectivity index (χ0v) is 27.8. The van der Waals surface area contributed by atoms with Crippen molar-refractivity contribution in [1.29, 1.82) is 0 Å². The number of primary amides is 2. The molecule has 0 aromatic carbocycles. The van der Waals surface area contributed by atoms with E-state index in [1.165, 1.54) is 11.8 Å². The SMILES string of the molecule is C[C@H](N)C(=O)N1CCC[C@H]1C(=O)N[C@@H](CO)C(=O)NCC(=O)N[C@@H](CO)C(=O)N[C@@H](CCC(N)=O)C(=O)N[C@@H](CCC(N)=O)C(=O)NCC(=O)O. The van der Waals surface area contributed by atoms with E-state index in [9.17, 15) is 58.2 Å². The average Bonchev–Trinajstić information content (AvgIpc) is 3.56. The van der Waals surface area contributed by atoms with Gasteiger partial charge in [0.05, 0.1) is 25.8 Å². The minimum atomic E-state index is -1.73. The number of aliphatic carboxylic acids is 1. The number of nitrogens with two attached hydrogens (primary N) is 3. The van der Waals surface area contributed by atoms with Crippen molar-refractivity contribution in [3.05, 3.63) is 0 Å². The van der Waals surface area contributed by atoms with Gasteiger partial charge in [-0.2, -0.15) is 0 Å². The van der Waals surface area contributed by atoms with Crippen LogP contribution in [0.25, 0.3) is 0 Å². The van der Waals surface area contributed by atoms with Crippen LogP contribution in [0.1, 0.15) is 45.4 Å². The zero-order valence-electron chi connectivity index (χ0n) is 27.8. The number of amides is 9. The lowest BCUT2D eigenvalue weighted by Crippen LogP contribution is -2.59. The lowest BCUT2D eigenvalue weighted by atomic mass is 10.1. The molecule has 0 aromatic heterocycles. The second-order valence-electron chi connectivity index (χ2n) is 11.5. The van der Waals surface area contributed by atoms with Crippen molar-refractivity contribution in [2.24, 2.45) is 17.2 Å². The highest BCUT2D eigenvalue weighted by Gasteiger charge is 2.37. The standard InChI is InChI=1S/C28H46N10O13/c1-13(29)28(51)38-8-2-3-18(38)27(50)37-16(11-39)24(47)32-9-21(43)34-17(12-40)26(49)36-15(5-7-20(31)42)25(48)35-14(4-6-19(30)41)23(46)33-10-22(44)45/h13-18,39-40H,2-12,29H2,1H3,(H2,30,41)(H2,31,42)(H,32,47)(H,33,46)(H,34,43)(H,35,48)(H,36,49)(H,37,50)(H,44,45)/t13-,14-,15-,16-,17-,18-/m0/s1. The predicted octanol–water partition coefficient (Wildman–Crippen LogP) is -7.90. The molecule has 23 nitrogen and oxygen atoms in total. The van der Waals surface area contributed by atoms with Gasteiger partial charge in [-0.1, -0.05) is 0 Å². The maximum Gasteiger partial charge on any atom is 0.322 e. The van der Waals surface area contributed by atoms with Crippen LogP contribution in [0.15, 0.2) is 0 Å². The molecule has 23 heteroatoms. The number of hydrogen-bond donors (Lipinski definition) is 12. The number of aliphatic hydroxyl groups excluding tert-OH is 2. The van der Waals surface area contributed by atoms with E-state index in [0.29, 0.717) is 12.8 Å². The van der Waals surface area contributed by atoms with E-state index in [1.54, 1.807) is 0 Å². The third kappa shape index (κ3) is 15.3. The molecule has 0 aliphatic carbocycles. The molecule has 0 unspecified atom stereocenters. The first-order chi connectivity index (χ1) is 23.9. The number of nitrogens with zero attached hydrogens (tertiary/aromatic N) is 1. The Hall–Kier alpha value is -5.42. The van der Waals surface area contributed by atoms with E-state index in [1.807, 2.05) is 5.32 Å². The fraction of sp³-hybridized carbons (Fsp3) is 0.643. The Kier molecular flexibility index (Phi) is 18.5. The van der Waals surface area contributed by atoms with Crippen LogP contribution in [0.5, 0.6) is 0 Å². The summed E-state index contributed by atoms with van der Waals surface area (Å²) < 4.78 is 0. The third-order valence-corrected chi connectivity index (χ3v) is 7.34. The minimum absolute atomic E-state index is 0.272. The highest BCUT2D eigenvalue weighted by atomic mass is 16.4. The van der Waals surface area contributed by atoms with E-state index in [2.05, 4.69) is 26.6 Å². The van der Waals surface area contributed by atoms with Crippen molar-refractivity contribution >= 4 is 59.1 Å². The van der Waals surface area contributed by atoms with Gasteiger partial charge in [0.15, 0.2) is 0 Å². The second-order valence-corrected chi connectivity index (χ2v) is 11.5. The van der Waals surface area contributed by atoms with Gasteiger partial charge in [0.2, 0.25) is 53.2 Å². The summed E-state index contributed by atoms with van der Waals surface area (Å²) in [6.07, 6.45) is -0.857. The molecule has 0 spiro atoms. The van der Waals surface area contributed by atoms with Crippen molar-refractivity contribution in [3.8, 4) is 0 Å². The summed E-state index contributed by atoms with van der Waals surface area (Å²) in [6.45, 7) is -1.82. The lowest BCUT2D eigenvalue weighted by Gasteiger charge is -2.27. The Labute approximate surface area is 291 Å². The van der Waals surface area contributed by atoms with Crippen molar-refractivity contribution < 1.29 is 63.3 Å². The quantitative estimate of drug-likeness (QED) is 0.0492. The summed E-state index contributed by atoms with van der Waals surface area (Å²) in [7, 11) is 0.